The number of aryl methyl sites for hydroxylation is 2. The number of benzene rings is 2. The van der Waals surface area contributed by atoms with Gasteiger partial charge in [-0.25, -0.2) is 0 Å². The summed E-state index contributed by atoms with van der Waals surface area (Å²) in [5.41, 5.74) is 1.66. The molecule has 3 N–H and O–H groups in total. The maximum Gasteiger partial charge on any atom is 0.291 e. The van der Waals surface area contributed by atoms with Crippen molar-refractivity contribution in [1.82, 2.24) is 10.3 Å². The van der Waals surface area contributed by atoms with Crippen LogP contribution in [0.3, 0.4) is 0 Å². The van der Waals surface area contributed by atoms with Crippen molar-refractivity contribution in [3.05, 3.63) is 73.5 Å². The molecular formula is C20H18Cl2N2O3. The molecule has 0 saturated carbocycles. The number of hydrogen-bond acceptors (Lipinski definition) is 3. The van der Waals surface area contributed by atoms with Crippen LogP contribution in [0.15, 0.2) is 41.2 Å². The monoisotopic (exact) mass is 404 g/mol. The Balaban J connectivity index is 1.74. The van der Waals surface area contributed by atoms with Gasteiger partial charge in [-0.2, -0.15) is 0 Å². The average molecular weight is 405 g/mol. The van der Waals surface area contributed by atoms with Gasteiger partial charge in [0, 0.05) is 27.5 Å². The zero-order valence-electron chi connectivity index (χ0n) is 14.6. The Morgan fingerprint density at radius 1 is 1.19 bits per heavy atom. The molecule has 3 aromatic rings. The van der Waals surface area contributed by atoms with Crippen LogP contribution in [-0.4, -0.2) is 22.5 Å². The summed E-state index contributed by atoms with van der Waals surface area (Å²) in [6.07, 6.45) is 1.31. The van der Waals surface area contributed by atoms with E-state index < -0.39 is 17.2 Å². The first-order valence-electron chi connectivity index (χ1n) is 8.44. The normalized spacial score (nSPS) is 10.9. The SMILES string of the molecule is Cc1ccc2[nH]c(=O)c(O)c(C(=O)NCCCc3ccc(Cl)cc3Cl)c2c1. The molecule has 0 aliphatic heterocycles. The molecule has 0 saturated heterocycles. The fourth-order valence-electron chi connectivity index (χ4n) is 2.92. The van der Waals surface area contributed by atoms with Gasteiger partial charge in [0.25, 0.3) is 11.5 Å². The van der Waals surface area contributed by atoms with Gasteiger partial charge in [0.1, 0.15) is 0 Å². The van der Waals surface area contributed by atoms with E-state index in [0.29, 0.717) is 40.3 Å². The van der Waals surface area contributed by atoms with E-state index in [4.69, 9.17) is 23.2 Å². The van der Waals surface area contributed by atoms with E-state index in [2.05, 4.69) is 10.3 Å². The maximum absolute atomic E-state index is 12.6. The highest BCUT2D eigenvalue weighted by Gasteiger charge is 2.18. The van der Waals surface area contributed by atoms with E-state index in [1.54, 1.807) is 24.3 Å². The van der Waals surface area contributed by atoms with Gasteiger partial charge >= 0.3 is 0 Å². The van der Waals surface area contributed by atoms with E-state index in [1.807, 2.05) is 19.1 Å². The minimum atomic E-state index is -0.690. The molecule has 0 bridgehead atoms. The number of aromatic nitrogens is 1. The Bertz CT molecular complexity index is 1080. The van der Waals surface area contributed by atoms with Crippen molar-refractivity contribution in [1.29, 1.82) is 0 Å². The minimum absolute atomic E-state index is 0.0121. The van der Waals surface area contributed by atoms with Gasteiger partial charge < -0.3 is 15.4 Å². The summed E-state index contributed by atoms with van der Waals surface area (Å²) < 4.78 is 0. The van der Waals surface area contributed by atoms with Gasteiger partial charge in [0.05, 0.1) is 5.56 Å². The van der Waals surface area contributed by atoms with Crippen molar-refractivity contribution < 1.29 is 9.90 Å². The maximum atomic E-state index is 12.6. The molecule has 0 radical (unpaired) electrons. The fraction of sp³-hybridized carbons (Fsp3) is 0.200. The van der Waals surface area contributed by atoms with Gasteiger partial charge in [-0.15, -0.1) is 0 Å². The smallest absolute Gasteiger partial charge is 0.291 e. The van der Waals surface area contributed by atoms with E-state index in [0.717, 1.165) is 11.1 Å². The van der Waals surface area contributed by atoms with E-state index in [1.165, 1.54) is 0 Å². The number of amides is 1. The van der Waals surface area contributed by atoms with Crippen LogP contribution >= 0.6 is 23.2 Å². The zero-order valence-corrected chi connectivity index (χ0v) is 16.1. The molecule has 0 aliphatic carbocycles. The van der Waals surface area contributed by atoms with Crippen molar-refractivity contribution in [2.45, 2.75) is 19.8 Å². The fourth-order valence-corrected chi connectivity index (χ4v) is 3.42. The van der Waals surface area contributed by atoms with Crippen LogP contribution in [-0.2, 0) is 6.42 Å². The molecule has 1 aromatic heterocycles. The third kappa shape index (κ3) is 4.26. The van der Waals surface area contributed by atoms with Gasteiger partial charge in [0.2, 0.25) is 0 Å². The number of pyridine rings is 1. The molecule has 0 unspecified atom stereocenters. The van der Waals surface area contributed by atoms with Crippen LogP contribution in [0, 0.1) is 6.92 Å². The molecular weight excluding hydrogens is 387 g/mol. The third-order valence-corrected chi connectivity index (χ3v) is 4.88. The predicted octanol–water partition coefficient (Wildman–Crippen LogP) is 4.21. The molecule has 1 heterocycles. The number of carbonyl (C=O) groups excluding carboxylic acids is 1. The second kappa shape index (κ2) is 8.03. The zero-order chi connectivity index (χ0) is 19.6. The van der Waals surface area contributed by atoms with Crippen LogP contribution in [0.4, 0.5) is 0 Å². The van der Waals surface area contributed by atoms with E-state index in [-0.39, 0.29) is 5.56 Å². The Kier molecular flexibility index (Phi) is 5.73. The molecule has 27 heavy (non-hydrogen) atoms. The first-order valence-corrected chi connectivity index (χ1v) is 9.20. The number of aromatic hydroxyl groups is 1. The van der Waals surface area contributed by atoms with Crippen molar-refractivity contribution in [3.63, 3.8) is 0 Å². The number of fused-ring (bicyclic) bond motifs is 1. The van der Waals surface area contributed by atoms with Crippen LogP contribution in [0.25, 0.3) is 10.9 Å². The third-order valence-electron chi connectivity index (χ3n) is 4.30. The lowest BCUT2D eigenvalue weighted by Crippen LogP contribution is -2.27. The number of rotatable bonds is 5. The summed E-state index contributed by atoms with van der Waals surface area (Å²) >= 11 is 12.0. The summed E-state index contributed by atoms with van der Waals surface area (Å²) in [6, 6.07) is 10.6. The number of H-pyrrole nitrogens is 1. The highest BCUT2D eigenvalue weighted by atomic mass is 35.5. The second-order valence-electron chi connectivity index (χ2n) is 6.32. The molecule has 2 aromatic carbocycles. The molecule has 5 nitrogen and oxygen atoms in total. The van der Waals surface area contributed by atoms with Gasteiger partial charge in [-0.3, -0.25) is 9.59 Å². The summed E-state index contributed by atoms with van der Waals surface area (Å²) in [5.74, 6) is -1.07. The number of nitrogens with one attached hydrogen (secondary N) is 2. The Labute approximate surface area is 165 Å². The molecule has 0 atom stereocenters. The van der Waals surface area contributed by atoms with Crippen molar-refractivity contribution in [2.24, 2.45) is 0 Å². The first kappa shape index (κ1) is 19.3. The van der Waals surface area contributed by atoms with Gasteiger partial charge in [0.15, 0.2) is 5.75 Å². The lowest BCUT2D eigenvalue weighted by atomic mass is 10.0. The quantitative estimate of drug-likeness (QED) is 0.556. The second-order valence-corrected chi connectivity index (χ2v) is 7.17. The molecule has 1 amide bonds. The standard InChI is InChI=1S/C20H18Cl2N2O3/c1-11-4-7-16-14(9-11)17(18(25)20(27)24-16)19(26)23-8-2-3-12-5-6-13(21)10-15(12)22/h4-7,9-10,25H,2-3,8H2,1H3,(H,23,26)(H,24,27). The topological polar surface area (TPSA) is 82.2 Å². The first-order chi connectivity index (χ1) is 12.9. The largest absolute Gasteiger partial charge is 0.502 e. The molecule has 0 spiro atoms. The van der Waals surface area contributed by atoms with Crippen LogP contribution in [0.1, 0.15) is 27.9 Å². The van der Waals surface area contributed by atoms with Crippen molar-refractivity contribution in [3.8, 4) is 5.75 Å². The molecule has 0 aliphatic rings. The van der Waals surface area contributed by atoms with Crippen LogP contribution < -0.4 is 10.9 Å². The lowest BCUT2D eigenvalue weighted by molar-refractivity contribution is 0.0952. The lowest BCUT2D eigenvalue weighted by Gasteiger charge is -2.10. The van der Waals surface area contributed by atoms with Gasteiger partial charge in [-0.05, 0) is 49.6 Å². The summed E-state index contributed by atoms with van der Waals surface area (Å²) in [4.78, 5) is 27.1. The summed E-state index contributed by atoms with van der Waals surface area (Å²) in [6.45, 7) is 2.25. The Morgan fingerprint density at radius 2 is 1.96 bits per heavy atom. The van der Waals surface area contributed by atoms with Crippen LogP contribution in [0.2, 0.25) is 10.0 Å². The Hall–Kier alpha value is -2.50. The molecule has 7 heteroatoms. The average Bonchev–Trinajstić information content (AvgIpc) is 2.61. The van der Waals surface area contributed by atoms with E-state index >= 15 is 0 Å². The number of halogens is 2. The Morgan fingerprint density at radius 3 is 2.70 bits per heavy atom. The van der Waals surface area contributed by atoms with Crippen LogP contribution in [0.5, 0.6) is 5.75 Å². The summed E-state index contributed by atoms with van der Waals surface area (Å²) in [7, 11) is 0. The predicted molar refractivity (Wildman–Crippen MR) is 108 cm³/mol. The highest BCUT2D eigenvalue weighted by molar-refractivity contribution is 6.35. The van der Waals surface area contributed by atoms with Crippen molar-refractivity contribution in [2.75, 3.05) is 6.54 Å². The highest BCUT2D eigenvalue weighted by Crippen LogP contribution is 2.24. The van der Waals surface area contributed by atoms with E-state index in [9.17, 15) is 14.7 Å². The molecule has 3 rings (SSSR count). The van der Waals surface area contributed by atoms with Crippen molar-refractivity contribution >= 4 is 40.0 Å². The molecule has 0 fully saturated rings. The summed E-state index contributed by atoms with van der Waals surface area (Å²) in [5, 5.41) is 14.5. The number of aromatic amines is 1. The van der Waals surface area contributed by atoms with Gasteiger partial charge in [-0.1, -0.05) is 40.9 Å². The minimum Gasteiger partial charge on any atom is -0.502 e. The number of carbonyl (C=O) groups is 1. The molecule has 140 valence electrons. The number of hydrogen-bond donors (Lipinski definition) is 3.